The van der Waals surface area contributed by atoms with Crippen molar-refractivity contribution in [3.05, 3.63) is 0 Å². The Labute approximate surface area is 112 Å². The summed E-state index contributed by atoms with van der Waals surface area (Å²) in [6, 6.07) is 1.96. The van der Waals surface area contributed by atoms with E-state index >= 15 is 0 Å². The maximum atomic E-state index is 6.01. The third kappa shape index (κ3) is 5.80. The maximum absolute atomic E-state index is 6.01. The molecular formula is C13H28O4Si. The Morgan fingerprint density at radius 2 is 1.83 bits per heavy atom. The average Bonchev–Trinajstić information content (AvgIpc) is 3.11. The van der Waals surface area contributed by atoms with Crippen molar-refractivity contribution < 1.29 is 18.3 Å². The third-order valence-electron chi connectivity index (χ3n) is 3.01. The normalized spacial score (nSPS) is 21.0. The van der Waals surface area contributed by atoms with Gasteiger partial charge in [-0.1, -0.05) is 13.3 Å². The van der Waals surface area contributed by atoms with Gasteiger partial charge in [0.1, 0.15) is 6.10 Å². The van der Waals surface area contributed by atoms with E-state index in [9.17, 15) is 0 Å². The van der Waals surface area contributed by atoms with Crippen molar-refractivity contribution in [2.24, 2.45) is 0 Å². The van der Waals surface area contributed by atoms with Crippen LogP contribution in [0.15, 0.2) is 0 Å². The van der Waals surface area contributed by atoms with Gasteiger partial charge < -0.3 is 18.3 Å². The van der Waals surface area contributed by atoms with E-state index < -0.39 is 8.56 Å². The van der Waals surface area contributed by atoms with Crippen LogP contribution in [0, 0.1) is 0 Å². The highest BCUT2D eigenvalue weighted by molar-refractivity contribution is 6.67. The Balaban J connectivity index is 2.44. The summed E-state index contributed by atoms with van der Waals surface area (Å²) < 4.78 is 23.0. The monoisotopic (exact) mass is 276 g/mol. The molecule has 0 bridgehead atoms. The molecule has 5 heteroatoms. The highest BCUT2D eigenvalue weighted by Gasteiger charge is 2.38. The fraction of sp³-hybridized carbons (Fsp3) is 1.00. The Morgan fingerprint density at radius 3 is 2.28 bits per heavy atom. The zero-order valence-corrected chi connectivity index (χ0v) is 13.2. The predicted molar refractivity (Wildman–Crippen MR) is 74.1 cm³/mol. The minimum Gasteiger partial charge on any atom is -0.394 e. The summed E-state index contributed by atoms with van der Waals surface area (Å²) >= 11 is 0. The molecule has 0 N–H and O–H groups in total. The molecule has 0 aliphatic carbocycles. The summed E-state index contributed by atoms with van der Waals surface area (Å²) in [6.07, 6.45) is 1.62. The number of rotatable bonds is 11. The molecule has 0 saturated carbocycles. The van der Waals surface area contributed by atoms with Gasteiger partial charge in [-0.3, -0.25) is 0 Å². The molecule has 4 nitrogen and oxygen atoms in total. The first-order valence-electron chi connectivity index (χ1n) is 7.16. The van der Waals surface area contributed by atoms with Crippen molar-refractivity contribution >= 4 is 8.56 Å². The maximum Gasteiger partial charge on any atom is 0.340 e. The summed E-state index contributed by atoms with van der Waals surface area (Å²) in [7, 11) is -2.08. The minimum atomic E-state index is -2.08. The van der Waals surface area contributed by atoms with E-state index in [2.05, 4.69) is 13.8 Å². The lowest BCUT2D eigenvalue weighted by atomic mass is 10.4. The highest BCUT2D eigenvalue weighted by Crippen LogP contribution is 2.25. The number of hydrogen-bond donors (Lipinski definition) is 0. The first kappa shape index (κ1) is 16.1. The van der Waals surface area contributed by atoms with Crippen LogP contribution in [0.4, 0.5) is 0 Å². The first-order chi connectivity index (χ1) is 8.65. The first-order valence-corrected chi connectivity index (χ1v) is 9.40. The molecule has 2 atom stereocenters. The van der Waals surface area contributed by atoms with E-state index in [0.717, 1.165) is 38.3 Å². The Morgan fingerprint density at radius 1 is 1.22 bits per heavy atom. The van der Waals surface area contributed by atoms with E-state index in [0.29, 0.717) is 12.7 Å². The van der Waals surface area contributed by atoms with Crippen LogP contribution in [-0.4, -0.2) is 47.2 Å². The molecule has 1 aliphatic heterocycles. The van der Waals surface area contributed by atoms with Gasteiger partial charge in [-0.05, 0) is 26.8 Å². The van der Waals surface area contributed by atoms with Gasteiger partial charge in [0, 0.05) is 19.3 Å². The van der Waals surface area contributed by atoms with Crippen LogP contribution in [0.3, 0.4) is 0 Å². The van der Waals surface area contributed by atoms with Gasteiger partial charge in [0.15, 0.2) is 0 Å². The molecule has 0 aromatic carbocycles. The van der Waals surface area contributed by atoms with Crippen LogP contribution >= 0.6 is 0 Å². The van der Waals surface area contributed by atoms with Crippen LogP contribution in [-0.2, 0) is 18.3 Å². The van der Waals surface area contributed by atoms with Crippen molar-refractivity contribution in [3.8, 4) is 0 Å². The van der Waals surface area contributed by atoms with Gasteiger partial charge in [0.05, 0.1) is 19.3 Å². The van der Waals surface area contributed by atoms with Crippen molar-refractivity contribution in [1.82, 2.24) is 0 Å². The molecule has 18 heavy (non-hydrogen) atoms. The molecule has 0 radical (unpaired) electrons. The quantitative estimate of drug-likeness (QED) is 0.430. The van der Waals surface area contributed by atoms with Crippen molar-refractivity contribution in [1.29, 1.82) is 0 Å². The molecule has 1 heterocycles. The van der Waals surface area contributed by atoms with E-state index in [1.54, 1.807) is 0 Å². The molecule has 108 valence electrons. The number of hydrogen-bond acceptors (Lipinski definition) is 4. The summed E-state index contributed by atoms with van der Waals surface area (Å²) in [5.74, 6) is 0. The second-order valence-corrected chi connectivity index (χ2v) is 8.14. The molecule has 0 spiro atoms. The lowest BCUT2D eigenvalue weighted by molar-refractivity contribution is 0.0551. The van der Waals surface area contributed by atoms with Crippen LogP contribution in [0.25, 0.3) is 0 Å². The molecule has 0 amide bonds. The highest BCUT2D eigenvalue weighted by atomic mass is 28.4. The SMILES string of the molecule is CCC[Si](CC(C)OCC1CO1)(OCC)OCC. The van der Waals surface area contributed by atoms with Crippen LogP contribution < -0.4 is 0 Å². The van der Waals surface area contributed by atoms with Crippen molar-refractivity contribution in [2.75, 3.05) is 26.4 Å². The van der Waals surface area contributed by atoms with Gasteiger partial charge in [-0.15, -0.1) is 0 Å². The second-order valence-electron chi connectivity index (χ2n) is 4.83. The van der Waals surface area contributed by atoms with E-state index in [-0.39, 0.29) is 6.10 Å². The van der Waals surface area contributed by atoms with Gasteiger partial charge in [0.2, 0.25) is 0 Å². The summed E-state index contributed by atoms with van der Waals surface area (Å²) in [5, 5.41) is 0. The minimum absolute atomic E-state index is 0.186. The van der Waals surface area contributed by atoms with Crippen LogP contribution in [0.5, 0.6) is 0 Å². The molecule has 0 aromatic heterocycles. The Kier molecular flexibility index (Phi) is 7.40. The predicted octanol–water partition coefficient (Wildman–Crippen LogP) is 2.72. The lowest BCUT2D eigenvalue weighted by Gasteiger charge is -2.32. The molecule has 0 aromatic rings. The number of epoxide rings is 1. The molecule has 1 saturated heterocycles. The van der Waals surface area contributed by atoms with Gasteiger partial charge in [0.25, 0.3) is 0 Å². The number of ether oxygens (including phenoxy) is 2. The topological polar surface area (TPSA) is 40.2 Å². The van der Waals surface area contributed by atoms with Gasteiger partial charge in [-0.25, -0.2) is 0 Å². The van der Waals surface area contributed by atoms with Crippen molar-refractivity contribution in [3.63, 3.8) is 0 Å². The third-order valence-corrected chi connectivity index (χ3v) is 7.10. The molecule has 1 fully saturated rings. The molecule has 2 unspecified atom stereocenters. The zero-order chi connectivity index (χ0) is 13.4. The molecular weight excluding hydrogens is 248 g/mol. The van der Waals surface area contributed by atoms with E-state index in [1.165, 1.54) is 0 Å². The smallest absolute Gasteiger partial charge is 0.340 e. The van der Waals surface area contributed by atoms with E-state index in [1.807, 2.05) is 13.8 Å². The molecule has 1 rings (SSSR count). The largest absolute Gasteiger partial charge is 0.394 e. The fourth-order valence-electron chi connectivity index (χ4n) is 2.25. The lowest BCUT2D eigenvalue weighted by Crippen LogP contribution is -2.45. The van der Waals surface area contributed by atoms with Crippen LogP contribution in [0.1, 0.15) is 34.1 Å². The Bertz CT molecular complexity index is 204. The van der Waals surface area contributed by atoms with E-state index in [4.69, 9.17) is 18.3 Å². The summed E-state index contributed by atoms with van der Waals surface area (Å²) in [6.45, 7) is 11.4. The summed E-state index contributed by atoms with van der Waals surface area (Å²) in [4.78, 5) is 0. The fourth-order valence-corrected chi connectivity index (χ4v) is 5.87. The van der Waals surface area contributed by atoms with Gasteiger partial charge >= 0.3 is 8.56 Å². The zero-order valence-electron chi connectivity index (χ0n) is 12.2. The average molecular weight is 276 g/mol. The Hall–Kier alpha value is 0.0569. The summed E-state index contributed by atoms with van der Waals surface area (Å²) in [5.41, 5.74) is 0. The second kappa shape index (κ2) is 8.27. The van der Waals surface area contributed by atoms with Gasteiger partial charge in [-0.2, -0.15) is 0 Å². The standard InChI is InChI=1S/C13H28O4Si/c1-5-8-18(16-6-2,17-7-3)11-12(4)14-9-13-10-15-13/h12-13H,5-11H2,1-4H3. The van der Waals surface area contributed by atoms with Crippen molar-refractivity contribution in [2.45, 2.75) is 58.4 Å². The van der Waals surface area contributed by atoms with Crippen LogP contribution in [0.2, 0.25) is 12.1 Å². The molecule has 1 aliphatic rings.